The minimum Gasteiger partial charge on any atom is -0.480 e. The van der Waals surface area contributed by atoms with Gasteiger partial charge in [0.15, 0.2) is 0 Å². The maximum Gasteiger partial charge on any atom is 0.323 e. The Morgan fingerprint density at radius 3 is 1.00 bits per heavy atom. The van der Waals surface area contributed by atoms with Crippen molar-refractivity contribution in [1.29, 1.82) is 0 Å². The summed E-state index contributed by atoms with van der Waals surface area (Å²) in [4.78, 5) is 43.7. The first-order chi connectivity index (χ1) is 21.5. The Hall–Kier alpha value is -3.32. The van der Waals surface area contributed by atoms with E-state index in [4.69, 9.17) is 15.9 Å². The van der Waals surface area contributed by atoms with Crippen LogP contribution in [0.15, 0.2) is 52.6 Å². The normalized spacial score (nSPS) is 6.49. The number of aliphatic carboxylic acids is 2. The number of carbonyl (C=O) groups is 4. The molecular weight excluding hydrogens is 576 g/mol. The summed E-state index contributed by atoms with van der Waals surface area (Å²) in [7, 11) is 8.47. The van der Waals surface area contributed by atoms with Crippen molar-refractivity contribution in [1.82, 2.24) is 25.8 Å². The van der Waals surface area contributed by atoms with E-state index in [1.165, 1.54) is 7.05 Å². The number of likely N-dealkylation sites (N-methyl/N-ethyl adjacent to an activating group) is 4. The average Bonchev–Trinajstić information content (AvgIpc) is 3.11. The third-order valence-electron chi connectivity index (χ3n) is 2.88. The quantitative estimate of drug-likeness (QED) is 0.185. The molecule has 12 heteroatoms. The number of hydrogen-bond donors (Lipinski definition) is 6. The van der Waals surface area contributed by atoms with Crippen molar-refractivity contribution in [2.75, 3.05) is 74.5 Å². The third kappa shape index (κ3) is 157. The van der Waals surface area contributed by atoms with E-state index in [9.17, 15) is 19.2 Å². The van der Waals surface area contributed by atoms with E-state index in [1.54, 1.807) is 26.0 Å². The zero-order valence-corrected chi connectivity index (χ0v) is 32.4. The van der Waals surface area contributed by atoms with Gasteiger partial charge in [-0.1, -0.05) is 62.3 Å². The molecule has 0 bridgehead atoms. The average molecular weight is 657 g/mol. The molecule has 45 heavy (non-hydrogen) atoms. The lowest BCUT2D eigenvalue weighted by molar-refractivity contribution is -0.142. The lowest BCUT2D eigenvalue weighted by Gasteiger charge is -2.13. The highest BCUT2D eigenvalue weighted by Crippen LogP contribution is 1.81. The molecule has 0 unspecified atom stereocenters. The highest BCUT2D eigenvalue weighted by molar-refractivity contribution is 5.82. The third-order valence-corrected chi connectivity index (χ3v) is 2.88. The minimum absolute atomic E-state index is 0.0417. The Bertz CT molecular complexity index is 490. The Labute approximate surface area is 280 Å². The molecule has 2 amide bonds. The first-order valence-corrected chi connectivity index (χ1v) is 15.0. The maximum absolute atomic E-state index is 10.8. The van der Waals surface area contributed by atoms with Crippen LogP contribution in [0.25, 0.3) is 0 Å². The van der Waals surface area contributed by atoms with Crippen LogP contribution in [0.5, 0.6) is 0 Å². The second kappa shape index (κ2) is 114. The van der Waals surface area contributed by atoms with Gasteiger partial charge in [0.05, 0.1) is 19.6 Å². The van der Waals surface area contributed by atoms with Gasteiger partial charge in [-0.3, -0.25) is 19.2 Å². The number of amides is 2. The lowest BCUT2D eigenvalue weighted by atomic mass is 10.5. The first kappa shape index (κ1) is 78.3. The maximum atomic E-state index is 10.8. The van der Waals surface area contributed by atoms with E-state index in [1.807, 2.05) is 69.4 Å². The molecule has 0 heterocycles. The standard InChI is InChI=1S/C6H14N2O.C5H10N2O3.C3H7NO2.C3H9N.4C2H6.4C2H4/c1-4-8(3)6(9)5-7-2;1-7(3-5(9)10)4(8)2-6;1-4-2-3(5)6;1-3-4-2;8*1-2/h7H,4-5H2,1-3H3;2-3,6H2,1H3,(H,9,10);4H,2H2,1H3,(H,5,6);4H,3H2,1-2H3;4*1-2H3;4*1-2H2. The van der Waals surface area contributed by atoms with Crippen LogP contribution in [0.1, 0.15) is 69.2 Å². The van der Waals surface area contributed by atoms with Crippen molar-refractivity contribution in [3.05, 3.63) is 52.6 Å². The predicted molar refractivity (Wildman–Crippen MR) is 203 cm³/mol. The number of rotatable bonds is 9. The molecular formula is C33H80N6O6. The van der Waals surface area contributed by atoms with Gasteiger partial charge >= 0.3 is 11.9 Å². The van der Waals surface area contributed by atoms with Gasteiger partial charge in [0, 0.05) is 20.6 Å². The molecule has 0 saturated carbocycles. The van der Waals surface area contributed by atoms with E-state index in [2.05, 4.69) is 75.5 Å². The molecule has 0 aliphatic carbocycles. The van der Waals surface area contributed by atoms with Crippen LogP contribution in [-0.2, 0) is 19.2 Å². The van der Waals surface area contributed by atoms with E-state index < -0.39 is 11.9 Å². The van der Waals surface area contributed by atoms with Crippen molar-refractivity contribution in [3.8, 4) is 0 Å². The van der Waals surface area contributed by atoms with Crippen molar-refractivity contribution in [2.45, 2.75) is 69.2 Å². The number of hydrogen-bond acceptors (Lipinski definition) is 8. The number of carbonyl (C=O) groups excluding carboxylic acids is 2. The fourth-order valence-electron chi connectivity index (χ4n) is 1.06. The summed E-state index contributed by atoms with van der Waals surface area (Å²) < 4.78 is 0. The molecule has 0 aliphatic heterocycles. The van der Waals surface area contributed by atoms with Gasteiger partial charge in [-0.25, -0.2) is 0 Å². The van der Waals surface area contributed by atoms with Gasteiger partial charge in [0.1, 0.15) is 6.54 Å². The zero-order chi connectivity index (χ0) is 39.8. The van der Waals surface area contributed by atoms with Crippen LogP contribution < -0.4 is 21.7 Å². The molecule has 0 aliphatic rings. The van der Waals surface area contributed by atoms with E-state index >= 15 is 0 Å². The van der Waals surface area contributed by atoms with Crippen LogP contribution in [0.3, 0.4) is 0 Å². The van der Waals surface area contributed by atoms with Gasteiger partial charge in [-0.15, -0.1) is 52.6 Å². The van der Waals surface area contributed by atoms with E-state index in [0.29, 0.717) is 6.54 Å². The number of nitrogens with zero attached hydrogens (tertiary/aromatic N) is 2. The molecule has 278 valence electrons. The van der Waals surface area contributed by atoms with Crippen molar-refractivity contribution >= 4 is 23.8 Å². The molecule has 0 radical (unpaired) electrons. The SMILES string of the molecule is C=C.C=C.C=C.C=C.CC.CC.CC.CC.CCN(C)C(=O)CNC.CCNC.CN(CC(=O)O)C(=O)CN.CNCC(=O)O. The minimum atomic E-state index is -1.04. The molecule has 7 N–H and O–H groups in total. The molecule has 0 aromatic rings. The van der Waals surface area contributed by atoms with E-state index in [0.717, 1.165) is 18.0 Å². The van der Waals surface area contributed by atoms with E-state index in [-0.39, 0.29) is 31.4 Å². The van der Waals surface area contributed by atoms with Crippen LogP contribution in [0.4, 0.5) is 0 Å². The second-order valence-corrected chi connectivity index (χ2v) is 5.42. The van der Waals surface area contributed by atoms with Gasteiger partial charge in [-0.05, 0) is 34.6 Å². The lowest BCUT2D eigenvalue weighted by Crippen LogP contribution is -2.36. The highest BCUT2D eigenvalue weighted by atomic mass is 16.4. The van der Waals surface area contributed by atoms with Gasteiger partial charge in [0.2, 0.25) is 11.8 Å². The van der Waals surface area contributed by atoms with Crippen LogP contribution >= 0.6 is 0 Å². The summed E-state index contributed by atoms with van der Waals surface area (Å²) >= 11 is 0. The van der Waals surface area contributed by atoms with Gasteiger partial charge < -0.3 is 41.7 Å². The summed E-state index contributed by atoms with van der Waals surface area (Å²) in [5, 5.41) is 24.2. The van der Waals surface area contributed by atoms with Crippen LogP contribution in [0.2, 0.25) is 0 Å². The number of carboxylic acid groups (broad SMARTS) is 2. The summed E-state index contributed by atoms with van der Waals surface area (Å²) in [5.41, 5.74) is 4.96. The number of nitrogens with two attached hydrogens (primary N) is 1. The Morgan fingerprint density at radius 2 is 0.867 bits per heavy atom. The summed E-state index contributed by atoms with van der Waals surface area (Å²) in [5.74, 6) is -2.09. The Balaban J connectivity index is -0.0000000286. The van der Waals surface area contributed by atoms with Crippen molar-refractivity contribution < 1.29 is 29.4 Å². The van der Waals surface area contributed by atoms with Crippen LogP contribution in [0, 0.1) is 0 Å². The van der Waals surface area contributed by atoms with Gasteiger partial charge in [-0.2, -0.15) is 0 Å². The molecule has 0 atom stereocenters. The van der Waals surface area contributed by atoms with Crippen molar-refractivity contribution in [3.63, 3.8) is 0 Å². The molecule has 12 nitrogen and oxygen atoms in total. The summed E-state index contributed by atoms with van der Waals surface area (Å²) in [6.07, 6.45) is 0. The largest absolute Gasteiger partial charge is 0.480 e. The van der Waals surface area contributed by atoms with Crippen molar-refractivity contribution in [2.24, 2.45) is 5.73 Å². The fraction of sp³-hybridized carbons (Fsp3) is 0.636. The number of nitrogens with one attached hydrogen (secondary N) is 3. The molecule has 0 aromatic heterocycles. The zero-order valence-electron chi connectivity index (χ0n) is 32.4. The predicted octanol–water partition coefficient (Wildman–Crippen LogP) is 5.00. The first-order valence-electron chi connectivity index (χ1n) is 15.0. The van der Waals surface area contributed by atoms with Gasteiger partial charge in [0.25, 0.3) is 0 Å². The summed E-state index contributed by atoms with van der Waals surface area (Å²) in [6, 6.07) is 0. The second-order valence-electron chi connectivity index (χ2n) is 5.42. The molecule has 0 rings (SSSR count). The Morgan fingerprint density at radius 1 is 0.578 bits per heavy atom. The summed E-state index contributed by atoms with van der Waals surface area (Å²) in [6.45, 7) is 45.9. The molecule has 0 fully saturated rings. The molecule has 0 spiro atoms. The highest BCUT2D eigenvalue weighted by Gasteiger charge is 2.08. The fourth-order valence-corrected chi connectivity index (χ4v) is 1.06. The van der Waals surface area contributed by atoms with Crippen LogP contribution in [-0.4, -0.2) is 118 Å². The molecule has 0 aromatic carbocycles. The Kier molecular flexibility index (Phi) is 199. The number of carboxylic acids is 2. The smallest absolute Gasteiger partial charge is 0.323 e. The monoisotopic (exact) mass is 657 g/mol. The molecule has 0 saturated heterocycles. The topological polar surface area (TPSA) is 177 Å².